The van der Waals surface area contributed by atoms with Gasteiger partial charge in [0, 0.05) is 25.7 Å². The highest BCUT2D eigenvalue weighted by atomic mass is 16.6. The van der Waals surface area contributed by atoms with Crippen molar-refractivity contribution in [2.24, 2.45) is 17.6 Å². The van der Waals surface area contributed by atoms with Crippen LogP contribution in [0.1, 0.15) is 44.9 Å². The molecule has 1 spiro atoms. The van der Waals surface area contributed by atoms with Crippen LogP contribution in [0.25, 0.3) is 0 Å². The minimum Gasteiger partial charge on any atom is -0.378 e. The van der Waals surface area contributed by atoms with Crippen LogP contribution in [0.2, 0.25) is 0 Å². The molecule has 0 amide bonds. The molecule has 3 fully saturated rings. The van der Waals surface area contributed by atoms with Crippen LogP contribution in [0.4, 0.5) is 0 Å². The molecular formula is C14H25NO2. The first-order valence-corrected chi connectivity index (χ1v) is 7.26. The monoisotopic (exact) mass is 239 g/mol. The van der Waals surface area contributed by atoms with E-state index in [9.17, 15) is 0 Å². The molecule has 3 heteroatoms. The van der Waals surface area contributed by atoms with Crippen molar-refractivity contribution in [3.05, 3.63) is 0 Å². The topological polar surface area (TPSA) is 44.5 Å². The highest BCUT2D eigenvalue weighted by molar-refractivity contribution is 4.94. The van der Waals surface area contributed by atoms with Crippen molar-refractivity contribution < 1.29 is 9.47 Å². The molecule has 3 aliphatic rings. The number of ether oxygens (including phenoxy) is 2. The zero-order valence-corrected chi connectivity index (χ0v) is 10.7. The molecule has 4 atom stereocenters. The molecule has 2 heterocycles. The zero-order chi connectivity index (χ0) is 11.7. The Morgan fingerprint density at radius 1 is 1.06 bits per heavy atom. The van der Waals surface area contributed by atoms with Crippen molar-refractivity contribution in [1.82, 2.24) is 0 Å². The Morgan fingerprint density at radius 3 is 2.71 bits per heavy atom. The van der Waals surface area contributed by atoms with Crippen LogP contribution in [-0.2, 0) is 9.47 Å². The van der Waals surface area contributed by atoms with Gasteiger partial charge in [-0.25, -0.2) is 0 Å². The third-order valence-electron chi connectivity index (χ3n) is 5.08. The van der Waals surface area contributed by atoms with Gasteiger partial charge < -0.3 is 15.2 Å². The van der Waals surface area contributed by atoms with E-state index in [0.29, 0.717) is 6.04 Å². The lowest BCUT2D eigenvalue weighted by Crippen LogP contribution is -2.46. The first-order chi connectivity index (χ1) is 8.29. The first-order valence-electron chi connectivity index (χ1n) is 7.26. The van der Waals surface area contributed by atoms with E-state index in [1.54, 1.807) is 0 Å². The lowest BCUT2D eigenvalue weighted by Gasteiger charge is -2.43. The Bertz CT molecular complexity index is 263. The van der Waals surface area contributed by atoms with Crippen LogP contribution in [0.15, 0.2) is 0 Å². The Morgan fingerprint density at radius 2 is 1.94 bits per heavy atom. The lowest BCUT2D eigenvalue weighted by molar-refractivity contribution is -0.110. The summed E-state index contributed by atoms with van der Waals surface area (Å²) in [5.74, 6) is 1.52. The number of hydrogen-bond acceptors (Lipinski definition) is 3. The van der Waals surface area contributed by atoms with E-state index < -0.39 is 0 Å². The maximum absolute atomic E-state index is 6.32. The van der Waals surface area contributed by atoms with Crippen LogP contribution < -0.4 is 5.73 Å². The fraction of sp³-hybridized carbons (Fsp3) is 1.00. The molecule has 3 nitrogen and oxygen atoms in total. The molecule has 0 bridgehead atoms. The Labute approximate surface area is 104 Å². The van der Waals surface area contributed by atoms with Crippen molar-refractivity contribution in [2.75, 3.05) is 19.8 Å². The maximum Gasteiger partial charge on any atom is 0.0939 e. The van der Waals surface area contributed by atoms with Gasteiger partial charge in [0.25, 0.3) is 0 Å². The van der Waals surface area contributed by atoms with Crippen molar-refractivity contribution in [3.8, 4) is 0 Å². The summed E-state index contributed by atoms with van der Waals surface area (Å²) in [6, 6.07) is 0.436. The van der Waals surface area contributed by atoms with Gasteiger partial charge in [0.1, 0.15) is 0 Å². The van der Waals surface area contributed by atoms with E-state index in [4.69, 9.17) is 15.2 Å². The number of rotatable bonds is 1. The molecule has 17 heavy (non-hydrogen) atoms. The molecule has 2 saturated heterocycles. The second-order valence-corrected chi connectivity index (χ2v) is 6.20. The van der Waals surface area contributed by atoms with Gasteiger partial charge in [-0.3, -0.25) is 0 Å². The summed E-state index contributed by atoms with van der Waals surface area (Å²) in [6.45, 7) is 2.60. The quantitative estimate of drug-likeness (QED) is 0.762. The SMILES string of the molecule is NC1CCCCC1C1CCOC2(CCOC2)C1. The largest absolute Gasteiger partial charge is 0.378 e. The van der Waals surface area contributed by atoms with E-state index in [1.807, 2.05) is 0 Å². The minimum absolute atomic E-state index is 0.0556. The van der Waals surface area contributed by atoms with Crippen molar-refractivity contribution in [3.63, 3.8) is 0 Å². The fourth-order valence-corrected chi connectivity index (χ4v) is 4.07. The van der Waals surface area contributed by atoms with Gasteiger partial charge in [-0.2, -0.15) is 0 Å². The molecule has 4 unspecified atom stereocenters. The predicted octanol–water partition coefficient (Wildman–Crippen LogP) is 2.09. The minimum atomic E-state index is 0.0556. The van der Waals surface area contributed by atoms with E-state index >= 15 is 0 Å². The number of hydrogen-bond donors (Lipinski definition) is 1. The average Bonchev–Trinajstić information content (AvgIpc) is 2.78. The second-order valence-electron chi connectivity index (χ2n) is 6.20. The summed E-state index contributed by atoms with van der Waals surface area (Å²) >= 11 is 0. The average molecular weight is 239 g/mol. The molecule has 3 rings (SSSR count). The van der Waals surface area contributed by atoms with Gasteiger partial charge in [-0.1, -0.05) is 12.8 Å². The van der Waals surface area contributed by atoms with Crippen molar-refractivity contribution >= 4 is 0 Å². The Balaban J connectivity index is 1.66. The van der Waals surface area contributed by atoms with Crippen LogP contribution in [0.5, 0.6) is 0 Å². The molecule has 0 radical (unpaired) electrons. The molecule has 1 saturated carbocycles. The van der Waals surface area contributed by atoms with Crippen molar-refractivity contribution in [1.29, 1.82) is 0 Å². The highest BCUT2D eigenvalue weighted by Gasteiger charge is 2.44. The van der Waals surface area contributed by atoms with Gasteiger partial charge in [-0.15, -0.1) is 0 Å². The maximum atomic E-state index is 6.32. The molecule has 98 valence electrons. The van der Waals surface area contributed by atoms with Crippen molar-refractivity contribution in [2.45, 2.75) is 56.6 Å². The third-order valence-corrected chi connectivity index (χ3v) is 5.08. The molecule has 0 aromatic carbocycles. The van der Waals surface area contributed by atoms with E-state index in [-0.39, 0.29) is 5.60 Å². The van der Waals surface area contributed by atoms with Gasteiger partial charge in [0.2, 0.25) is 0 Å². The normalized spacial score (nSPS) is 47.5. The van der Waals surface area contributed by atoms with Crippen LogP contribution >= 0.6 is 0 Å². The van der Waals surface area contributed by atoms with Crippen LogP contribution in [0.3, 0.4) is 0 Å². The fourth-order valence-electron chi connectivity index (χ4n) is 4.07. The molecule has 2 N–H and O–H groups in total. The van der Waals surface area contributed by atoms with E-state index in [2.05, 4.69) is 0 Å². The van der Waals surface area contributed by atoms with Crippen LogP contribution in [0, 0.1) is 11.8 Å². The number of nitrogens with two attached hydrogens (primary N) is 1. The van der Waals surface area contributed by atoms with Gasteiger partial charge >= 0.3 is 0 Å². The molecule has 1 aliphatic carbocycles. The predicted molar refractivity (Wildman–Crippen MR) is 66.8 cm³/mol. The highest BCUT2D eigenvalue weighted by Crippen LogP contribution is 2.42. The van der Waals surface area contributed by atoms with Gasteiger partial charge in [-0.05, 0) is 37.5 Å². The summed E-state index contributed by atoms with van der Waals surface area (Å²) < 4.78 is 11.6. The second kappa shape index (κ2) is 4.87. The molecule has 0 aromatic rings. The Hall–Kier alpha value is -0.120. The standard InChI is InChI=1S/C14H25NO2/c15-13-4-2-1-3-12(13)11-5-7-17-14(9-11)6-8-16-10-14/h11-13H,1-10,15H2. The third kappa shape index (κ3) is 2.38. The Kier molecular flexibility index (Phi) is 3.42. The summed E-state index contributed by atoms with van der Waals surface area (Å²) in [5, 5.41) is 0. The molecule has 0 aromatic heterocycles. The smallest absolute Gasteiger partial charge is 0.0939 e. The first kappa shape index (κ1) is 11.9. The van der Waals surface area contributed by atoms with E-state index in [0.717, 1.165) is 38.1 Å². The molecule has 2 aliphatic heterocycles. The summed E-state index contributed by atoms with van der Waals surface area (Å²) in [7, 11) is 0. The van der Waals surface area contributed by atoms with E-state index in [1.165, 1.54) is 38.5 Å². The van der Waals surface area contributed by atoms with Crippen LogP contribution in [-0.4, -0.2) is 31.5 Å². The van der Waals surface area contributed by atoms with Gasteiger partial charge in [0.15, 0.2) is 0 Å². The summed E-state index contributed by atoms with van der Waals surface area (Å²) in [4.78, 5) is 0. The molecular weight excluding hydrogens is 214 g/mol. The summed E-state index contributed by atoms with van der Waals surface area (Å²) in [5.41, 5.74) is 6.38. The lowest BCUT2D eigenvalue weighted by atomic mass is 9.70. The van der Waals surface area contributed by atoms with Gasteiger partial charge in [0.05, 0.1) is 12.2 Å². The summed E-state index contributed by atoms with van der Waals surface area (Å²) in [6.07, 6.45) is 8.75. The zero-order valence-electron chi connectivity index (χ0n) is 10.7.